The van der Waals surface area contributed by atoms with E-state index in [9.17, 15) is 0 Å². The minimum Gasteiger partial charge on any atom is -0.378 e. The predicted molar refractivity (Wildman–Crippen MR) is 86.3 cm³/mol. The normalized spacial score (nSPS) is 19.6. The second-order valence-corrected chi connectivity index (χ2v) is 6.76. The molecule has 0 spiro atoms. The number of nitrogens with one attached hydrogen (secondary N) is 1. The fourth-order valence-electron chi connectivity index (χ4n) is 2.60. The summed E-state index contributed by atoms with van der Waals surface area (Å²) >= 11 is 0. The zero-order valence-corrected chi connectivity index (χ0v) is 13.4. The molecule has 1 aromatic carbocycles. The molecule has 0 aromatic heterocycles. The van der Waals surface area contributed by atoms with Crippen LogP contribution in [0, 0.1) is 5.41 Å². The van der Waals surface area contributed by atoms with Gasteiger partial charge in [-0.1, -0.05) is 44.2 Å². The molecule has 1 atom stereocenters. The van der Waals surface area contributed by atoms with Crippen molar-refractivity contribution in [2.45, 2.75) is 45.8 Å². The van der Waals surface area contributed by atoms with Gasteiger partial charge in [-0.05, 0) is 24.8 Å². The van der Waals surface area contributed by atoms with Crippen molar-refractivity contribution in [1.82, 2.24) is 5.32 Å². The first-order valence-corrected chi connectivity index (χ1v) is 8.10. The Morgan fingerprint density at radius 3 is 2.76 bits per heavy atom. The highest BCUT2D eigenvalue weighted by molar-refractivity contribution is 5.14. The molecule has 1 fully saturated rings. The topological polar surface area (TPSA) is 30.5 Å². The number of benzene rings is 1. The average molecular weight is 291 g/mol. The number of hydrogen-bond acceptors (Lipinski definition) is 3. The molecule has 0 saturated carbocycles. The molecule has 2 rings (SSSR count). The van der Waals surface area contributed by atoms with Crippen LogP contribution in [0.4, 0.5) is 0 Å². The van der Waals surface area contributed by atoms with Crippen molar-refractivity contribution in [1.29, 1.82) is 0 Å². The van der Waals surface area contributed by atoms with E-state index in [1.807, 2.05) is 0 Å². The van der Waals surface area contributed by atoms with Gasteiger partial charge in [0.2, 0.25) is 0 Å². The Balaban J connectivity index is 1.60. The van der Waals surface area contributed by atoms with Crippen molar-refractivity contribution in [3.63, 3.8) is 0 Å². The van der Waals surface area contributed by atoms with Gasteiger partial charge in [-0.15, -0.1) is 0 Å². The Hall–Kier alpha value is -0.900. The molecule has 0 bridgehead atoms. The van der Waals surface area contributed by atoms with Crippen molar-refractivity contribution >= 4 is 0 Å². The maximum absolute atomic E-state index is 5.88. The molecule has 3 heteroatoms. The van der Waals surface area contributed by atoms with Crippen molar-refractivity contribution in [2.75, 3.05) is 26.4 Å². The lowest BCUT2D eigenvalue weighted by Crippen LogP contribution is -2.34. The van der Waals surface area contributed by atoms with E-state index in [1.54, 1.807) is 0 Å². The van der Waals surface area contributed by atoms with Crippen molar-refractivity contribution in [2.24, 2.45) is 5.41 Å². The highest BCUT2D eigenvalue weighted by Gasteiger charge is 2.20. The Kier molecular flexibility index (Phi) is 6.68. The third kappa shape index (κ3) is 6.60. The van der Waals surface area contributed by atoms with E-state index in [-0.39, 0.29) is 5.41 Å². The van der Waals surface area contributed by atoms with Crippen LogP contribution in [-0.2, 0) is 16.0 Å². The first-order chi connectivity index (χ1) is 10.2. The minimum atomic E-state index is 0.142. The van der Waals surface area contributed by atoms with Crippen LogP contribution in [0.5, 0.6) is 0 Å². The molecule has 0 radical (unpaired) electrons. The van der Waals surface area contributed by atoms with E-state index < -0.39 is 0 Å². The molecule has 0 amide bonds. The van der Waals surface area contributed by atoms with Gasteiger partial charge in [0.25, 0.3) is 0 Å². The molecule has 1 heterocycles. The van der Waals surface area contributed by atoms with Gasteiger partial charge in [-0.25, -0.2) is 0 Å². The largest absolute Gasteiger partial charge is 0.378 e. The fraction of sp³-hybridized carbons (Fsp3) is 0.667. The summed E-state index contributed by atoms with van der Waals surface area (Å²) in [6.07, 6.45) is 3.93. The number of rotatable bonds is 8. The Morgan fingerprint density at radius 1 is 1.24 bits per heavy atom. The van der Waals surface area contributed by atoms with E-state index >= 15 is 0 Å². The third-order valence-corrected chi connectivity index (χ3v) is 3.85. The van der Waals surface area contributed by atoms with Gasteiger partial charge < -0.3 is 14.8 Å². The summed E-state index contributed by atoms with van der Waals surface area (Å²) in [7, 11) is 0. The van der Waals surface area contributed by atoms with E-state index in [1.165, 1.54) is 18.4 Å². The standard InChI is InChI=1S/C18H29NO2/c1-18(2,14-19-12-16-8-4-3-5-9-16)15-20-13-17-10-6-7-11-21-17/h3-5,8-9,17,19H,6-7,10-15H2,1-2H3. The van der Waals surface area contributed by atoms with Gasteiger partial charge in [0.15, 0.2) is 0 Å². The summed E-state index contributed by atoms with van der Waals surface area (Å²) in [4.78, 5) is 0. The quantitative estimate of drug-likeness (QED) is 0.796. The molecule has 1 aliphatic rings. The first-order valence-electron chi connectivity index (χ1n) is 8.10. The highest BCUT2D eigenvalue weighted by Crippen LogP contribution is 2.17. The van der Waals surface area contributed by atoms with Crippen molar-refractivity contribution in [3.8, 4) is 0 Å². The van der Waals surface area contributed by atoms with E-state index in [0.29, 0.717) is 6.10 Å². The monoisotopic (exact) mass is 291 g/mol. The minimum absolute atomic E-state index is 0.142. The van der Waals surface area contributed by atoms with Crippen LogP contribution in [0.2, 0.25) is 0 Å². The Labute approximate surface area is 129 Å². The maximum atomic E-state index is 5.88. The van der Waals surface area contributed by atoms with Gasteiger partial charge in [0, 0.05) is 25.1 Å². The number of hydrogen-bond donors (Lipinski definition) is 1. The zero-order valence-electron chi connectivity index (χ0n) is 13.4. The van der Waals surface area contributed by atoms with Gasteiger partial charge in [0.05, 0.1) is 19.3 Å². The van der Waals surface area contributed by atoms with Gasteiger partial charge >= 0.3 is 0 Å². The van der Waals surface area contributed by atoms with Crippen molar-refractivity contribution < 1.29 is 9.47 Å². The predicted octanol–water partition coefficient (Wildman–Crippen LogP) is 3.39. The second-order valence-electron chi connectivity index (χ2n) is 6.76. The van der Waals surface area contributed by atoms with Crippen LogP contribution < -0.4 is 5.32 Å². The van der Waals surface area contributed by atoms with Crippen LogP contribution in [0.15, 0.2) is 30.3 Å². The lowest BCUT2D eigenvalue weighted by molar-refractivity contribution is -0.0545. The fourth-order valence-corrected chi connectivity index (χ4v) is 2.60. The lowest BCUT2D eigenvalue weighted by Gasteiger charge is -2.27. The van der Waals surface area contributed by atoms with E-state index in [2.05, 4.69) is 49.5 Å². The number of ether oxygens (including phenoxy) is 2. The molecule has 1 aliphatic heterocycles. The smallest absolute Gasteiger partial charge is 0.0808 e. The van der Waals surface area contributed by atoms with Crippen LogP contribution in [-0.4, -0.2) is 32.5 Å². The van der Waals surface area contributed by atoms with Gasteiger partial charge in [-0.2, -0.15) is 0 Å². The highest BCUT2D eigenvalue weighted by atomic mass is 16.5. The first kappa shape index (κ1) is 16.5. The van der Waals surface area contributed by atoms with Crippen LogP contribution in [0.25, 0.3) is 0 Å². The third-order valence-electron chi connectivity index (χ3n) is 3.85. The second kappa shape index (κ2) is 8.52. The van der Waals surface area contributed by atoms with E-state index in [0.717, 1.165) is 39.3 Å². The lowest BCUT2D eigenvalue weighted by atomic mass is 9.94. The summed E-state index contributed by atoms with van der Waals surface area (Å²) in [6.45, 7) is 8.76. The molecule has 0 aliphatic carbocycles. The molecule has 3 nitrogen and oxygen atoms in total. The molecule has 1 aromatic rings. The molecular weight excluding hydrogens is 262 g/mol. The van der Waals surface area contributed by atoms with E-state index in [4.69, 9.17) is 9.47 Å². The summed E-state index contributed by atoms with van der Waals surface area (Å²) in [5.74, 6) is 0. The summed E-state index contributed by atoms with van der Waals surface area (Å²) in [6, 6.07) is 10.5. The van der Waals surface area contributed by atoms with Crippen LogP contribution in [0.3, 0.4) is 0 Å². The average Bonchev–Trinajstić information content (AvgIpc) is 2.49. The molecular formula is C18H29NO2. The summed E-state index contributed by atoms with van der Waals surface area (Å²) in [5, 5.41) is 3.52. The molecule has 1 unspecified atom stereocenters. The van der Waals surface area contributed by atoms with Crippen LogP contribution >= 0.6 is 0 Å². The summed E-state index contributed by atoms with van der Waals surface area (Å²) in [5.41, 5.74) is 1.47. The molecule has 1 N–H and O–H groups in total. The SMILES string of the molecule is CC(C)(CNCc1ccccc1)COCC1CCCCO1. The van der Waals surface area contributed by atoms with Gasteiger partial charge in [0.1, 0.15) is 0 Å². The molecule has 21 heavy (non-hydrogen) atoms. The van der Waals surface area contributed by atoms with Crippen LogP contribution in [0.1, 0.15) is 38.7 Å². The zero-order chi connectivity index (χ0) is 15.0. The molecule has 118 valence electrons. The van der Waals surface area contributed by atoms with Crippen molar-refractivity contribution in [3.05, 3.63) is 35.9 Å². The Morgan fingerprint density at radius 2 is 2.05 bits per heavy atom. The molecule has 1 saturated heterocycles. The maximum Gasteiger partial charge on any atom is 0.0808 e. The van der Waals surface area contributed by atoms with Gasteiger partial charge in [-0.3, -0.25) is 0 Å². The summed E-state index contributed by atoms with van der Waals surface area (Å²) < 4.78 is 11.6. The Bertz CT molecular complexity index is 385.